The Morgan fingerprint density at radius 3 is 1.04 bits per heavy atom. The molecule has 0 aliphatic heterocycles. The molecule has 0 spiro atoms. The molecular formula is C70H52N4OPd. The van der Waals surface area contributed by atoms with Gasteiger partial charge in [0, 0.05) is 22.5 Å². The third-order valence-electron chi connectivity index (χ3n) is 16.0. The summed E-state index contributed by atoms with van der Waals surface area (Å²) in [6, 6.07) is 68.8. The maximum Gasteiger partial charge on any atom is 2.00 e. The smallest absolute Gasteiger partial charge is 0.497 e. The summed E-state index contributed by atoms with van der Waals surface area (Å²) in [5.41, 5.74) is 27.5. The largest absolute Gasteiger partial charge is 2.00 e. The molecule has 0 unspecified atom stereocenters. The van der Waals surface area contributed by atoms with Crippen LogP contribution >= 0.6 is 0 Å². The van der Waals surface area contributed by atoms with Gasteiger partial charge in [-0.15, -0.1) is 12.1 Å². The molecule has 0 aliphatic carbocycles. The maximum absolute atomic E-state index is 7.03. The first kappa shape index (κ1) is 47.3. The molecule has 4 aromatic heterocycles. The van der Waals surface area contributed by atoms with E-state index < -0.39 is 0 Å². The van der Waals surface area contributed by atoms with Crippen LogP contribution in [-0.2, 0) is 20.4 Å². The van der Waals surface area contributed by atoms with Crippen LogP contribution in [0.2, 0.25) is 0 Å². The van der Waals surface area contributed by atoms with Crippen LogP contribution in [0.3, 0.4) is 0 Å². The van der Waals surface area contributed by atoms with E-state index in [1.807, 2.05) is 0 Å². The number of nitrogens with zero attached hydrogens (tertiary/aromatic N) is 4. The molecule has 0 amide bonds. The third kappa shape index (κ3) is 7.01. The van der Waals surface area contributed by atoms with Crippen molar-refractivity contribution >= 4 is 76.7 Å². The van der Waals surface area contributed by atoms with E-state index in [1.54, 1.807) is 0 Å². The molecule has 14 rings (SSSR count). The Hall–Kier alpha value is -8.40. The van der Waals surface area contributed by atoms with Crippen molar-refractivity contribution in [3.05, 3.63) is 226 Å². The number of fused-ring (bicyclic) bond motifs is 16. The minimum Gasteiger partial charge on any atom is -0.497 e. The van der Waals surface area contributed by atoms with Gasteiger partial charge in [-0.05, 0) is 192 Å². The molecule has 10 aromatic carbocycles. The topological polar surface area (TPSA) is 43.8 Å². The fourth-order valence-electron chi connectivity index (χ4n) is 12.8. The van der Waals surface area contributed by atoms with Crippen LogP contribution in [0.15, 0.2) is 170 Å². The molecule has 6 heteroatoms. The minimum absolute atomic E-state index is 0. The first-order chi connectivity index (χ1) is 36.5. The van der Waals surface area contributed by atoms with E-state index in [0.717, 1.165) is 76.7 Å². The summed E-state index contributed by atoms with van der Waals surface area (Å²) < 4.78 is 11.7. The molecule has 0 fully saturated rings. The molecule has 0 radical (unpaired) electrons. The fourth-order valence-corrected chi connectivity index (χ4v) is 12.8. The second-order valence-electron chi connectivity index (χ2n) is 20.7. The van der Waals surface area contributed by atoms with Gasteiger partial charge in [-0.3, -0.25) is 9.97 Å². The van der Waals surface area contributed by atoms with Gasteiger partial charge in [0.05, 0.1) is 33.4 Å². The number of ether oxygens (including phenoxy) is 1. The van der Waals surface area contributed by atoms with Gasteiger partial charge < -0.3 is 13.5 Å². The van der Waals surface area contributed by atoms with Crippen molar-refractivity contribution in [3.8, 4) is 56.0 Å². The Morgan fingerprint density at radius 1 is 0.329 bits per heavy atom. The number of hydrogen-bond donors (Lipinski definition) is 0. The van der Waals surface area contributed by atoms with Crippen molar-refractivity contribution in [2.45, 2.75) is 55.4 Å². The van der Waals surface area contributed by atoms with E-state index in [2.05, 4.69) is 246 Å². The van der Waals surface area contributed by atoms with Gasteiger partial charge in [-0.25, -0.2) is 0 Å². The van der Waals surface area contributed by atoms with E-state index in [-0.39, 0.29) is 20.4 Å². The summed E-state index contributed by atoms with van der Waals surface area (Å²) >= 11 is 0. The second-order valence-corrected chi connectivity index (χ2v) is 20.7. The monoisotopic (exact) mass is 1070 g/mol. The van der Waals surface area contributed by atoms with Gasteiger partial charge in [0.2, 0.25) is 0 Å². The van der Waals surface area contributed by atoms with Crippen LogP contribution in [0.25, 0.3) is 121 Å². The summed E-state index contributed by atoms with van der Waals surface area (Å²) in [6.45, 7) is 17.8. The molecule has 0 saturated heterocycles. The zero-order valence-electron chi connectivity index (χ0n) is 43.7. The molecule has 368 valence electrons. The number of para-hydroxylation sites is 4. The van der Waals surface area contributed by atoms with E-state index in [9.17, 15) is 0 Å². The molecule has 4 heterocycles. The van der Waals surface area contributed by atoms with Crippen LogP contribution < -0.4 is 4.74 Å². The number of aromatic nitrogens is 4. The van der Waals surface area contributed by atoms with E-state index in [0.29, 0.717) is 11.5 Å². The van der Waals surface area contributed by atoms with Gasteiger partial charge in [-0.1, -0.05) is 155 Å². The molecule has 5 nitrogen and oxygen atoms in total. The normalized spacial score (nSPS) is 11.8. The van der Waals surface area contributed by atoms with Crippen LogP contribution in [0.1, 0.15) is 44.5 Å². The van der Waals surface area contributed by atoms with Crippen molar-refractivity contribution in [1.82, 2.24) is 18.8 Å². The van der Waals surface area contributed by atoms with Crippen LogP contribution in [0.5, 0.6) is 11.5 Å². The second kappa shape index (κ2) is 17.9. The molecule has 0 saturated carbocycles. The first-order valence-electron chi connectivity index (χ1n) is 25.9. The molecule has 14 aromatic rings. The summed E-state index contributed by atoms with van der Waals surface area (Å²) in [5.74, 6) is 1.15. The average molecular weight is 1070 g/mol. The maximum atomic E-state index is 7.03. The van der Waals surface area contributed by atoms with Gasteiger partial charge in [0.25, 0.3) is 0 Å². The zero-order chi connectivity index (χ0) is 51.0. The minimum atomic E-state index is 0. The predicted octanol–water partition coefficient (Wildman–Crippen LogP) is 18.4. The number of hydrogen-bond acceptors (Lipinski definition) is 3. The van der Waals surface area contributed by atoms with Gasteiger partial charge in [0.15, 0.2) is 0 Å². The number of aryl methyl sites for hydroxylation is 8. The summed E-state index contributed by atoms with van der Waals surface area (Å²) in [4.78, 5) is 10.7. The Morgan fingerprint density at radius 2 is 0.671 bits per heavy atom. The van der Waals surface area contributed by atoms with Crippen molar-refractivity contribution in [2.24, 2.45) is 0 Å². The Balaban J connectivity index is 0.00000553. The molecule has 0 aliphatic rings. The van der Waals surface area contributed by atoms with E-state index in [4.69, 9.17) is 14.7 Å². The predicted molar refractivity (Wildman–Crippen MR) is 313 cm³/mol. The third-order valence-corrected chi connectivity index (χ3v) is 16.0. The zero-order valence-corrected chi connectivity index (χ0v) is 45.2. The number of pyridine rings is 2. The first-order valence-corrected chi connectivity index (χ1v) is 25.9. The molecule has 0 bridgehead atoms. The Labute approximate surface area is 455 Å². The standard InChI is InChI=1S/C70H52N4O.Pd/c1-39-17-13-18-40(2)61(39)51-33-35-59-65(67(51)63-43(5)21-15-22-44(63)6)49-31-29-47(37-53(49)69-71-55-25-9-11-27-57(55)73(59)69)75-48-30-32-50-54(38-48)70-72-56-26-10-12-28-58(56)74(70)60-36-34-52(62-41(3)19-14-20-42(62)4)68(66(50)60)64-45(7)23-16-24-46(64)8;/h9-36H,1-8H3;/q-2;+2. The Kier molecular flexibility index (Phi) is 11.1. The number of benzene rings is 10. The SMILES string of the molecule is Cc1cccc(C)c1-c1ccc2c(c1-c1c(C)cccc1C)c1ccc(Oc3[c-]c4c(cc3)c3c(-c5c(C)cccc5C)c(-c5c(C)cccc5C)ccc3n3c5ccccc5nc43)[c-]c1c1nc3ccccc3n21.[Pd+2]. The molecule has 76 heavy (non-hydrogen) atoms. The van der Waals surface area contributed by atoms with E-state index >= 15 is 0 Å². The number of imidazole rings is 2. The fraction of sp³-hybridized carbons (Fsp3) is 0.114. The summed E-state index contributed by atoms with van der Waals surface area (Å²) in [7, 11) is 0. The molecular weight excluding hydrogens is 1020 g/mol. The van der Waals surface area contributed by atoms with Gasteiger partial charge in [-0.2, -0.15) is 0 Å². The van der Waals surface area contributed by atoms with Crippen molar-refractivity contribution in [2.75, 3.05) is 0 Å². The molecule has 0 N–H and O–H groups in total. The van der Waals surface area contributed by atoms with Crippen molar-refractivity contribution in [1.29, 1.82) is 0 Å². The average Bonchev–Trinajstić information content (AvgIpc) is 4.01. The molecule has 0 atom stereocenters. The van der Waals surface area contributed by atoms with Gasteiger partial charge >= 0.3 is 20.4 Å². The quantitative estimate of drug-likeness (QED) is 0.0947. The van der Waals surface area contributed by atoms with E-state index in [1.165, 1.54) is 89.0 Å². The summed E-state index contributed by atoms with van der Waals surface area (Å²) in [5, 5.41) is 6.19. The van der Waals surface area contributed by atoms with Gasteiger partial charge in [0.1, 0.15) is 0 Å². The van der Waals surface area contributed by atoms with Crippen molar-refractivity contribution in [3.63, 3.8) is 0 Å². The Bertz CT molecular complexity index is 4400. The van der Waals surface area contributed by atoms with Crippen LogP contribution in [0.4, 0.5) is 0 Å². The summed E-state index contributed by atoms with van der Waals surface area (Å²) in [6.07, 6.45) is 0. The van der Waals surface area contributed by atoms with Crippen LogP contribution in [0, 0.1) is 67.5 Å². The number of rotatable bonds is 6. The van der Waals surface area contributed by atoms with Crippen molar-refractivity contribution < 1.29 is 25.2 Å². The van der Waals surface area contributed by atoms with Crippen LogP contribution in [-0.4, -0.2) is 18.8 Å².